The number of nitrogens with zero attached hydrogens (tertiary/aromatic N) is 2. The Kier molecular flexibility index (Phi) is 7.98. The predicted octanol–water partition coefficient (Wildman–Crippen LogP) is 4.75. The van der Waals surface area contributed by atoms with Gasteiger partial charge in [-0.3, -0.25) is 4.79 Å². The van der Waals surface area contributed by atoms with Crippen molar-refractivity contribution in [3.05, 3.63) is 70.0 Å². The monoisotopic (exact) mass is 602 g/mol. The van der Waals surface area contributed by atoms with Crippen molar-refractivity contribution in [3.8, 4) is 0 Å². The zero-order valence-corrected chi connectivity index (χ0v) is 22.7. The molecule has 1 unspecified atom stereocenters. The molecule has 3 amide bonds. The summed E-state index contributed by atoms with van der Waals surface area (Å²) in [5, 5.41) is 14.2. The van der Waals surface area contributed by atoms with E-state index in [9.17, 15) is 50.2 Å². The van der Waals surface area contributed by atoms with Crippen LogP contribution < -0.4 is 10.4 Å². The summed E-state index contributed by atoms with van der Waals surface area (Å²) in [4.78, 5) is 40.1. The van der Waals surface area contributed by atoms with Crippen LogP contribution in [0, 0.1) is 18.7 Å². The van der Waals surface area contributed by atoms with Crippen molar-refractivity contribution in [2.75, 3.05) is 13.6 Å². The summed E-state index contributed by atoms with van der Waals surface area (Å²) in [5.41, 5.74) is -3.53. The van der Waals surface area contributed by atoms with E-state index >= 15 is 0 Å². The predicted molar refractivity (Wildman–Crippen MR) is 132 cm³/mol. The molecule has 7 nitrogen and oxygen atoms in total. The number of alkyl halides is 6. The average molecular weight is 603 g/mol. The van der Waals surface area contributed by atoms with Crippen molar-refractivity contribution in [3.63, 3.8) is 0 Å². The molecule has 2 heterocycles. The lowest BCUT2D eigenvalue weighted by Crippen LogP contribution is -2.55. The molecule has 4 atom stereocenters. The Hall–Kier alpha value is -3.84. The first kappa shape index (κ1) is 31.1. The van der Waals surface area contributed by atoms with E-state index in [1.54, 1.807) is 6.92 Å². The van der Waals surface area contributed by atoms with Crippen LogP contribution >= 0.6 is 0 Å². The van der Waals surface area contributed by atoms with E-state index in [1.807, 2.05) is 0 Å². The lowest BCUT2D eigenvalue weighted by Gasteiger charge is -2.47. The number of carbonyl (C=O) groups excluding carboxylic acids is 3. The Bertz CT molecular complexity index is 1380. The Balaban J connectivity index is 1.69. The summed E-state index contributed by atoms with van der Waals surface area (Å²) in [5.74, 6) is -4.25. The fourth-order valence-electron chi connectivity index (χ4n) is 5.78. The summed E-state index contributed by atoms with van der Waals surface area (Å²) in [6.45, 7) is 2.83. The van der Waals surface area contributed by atoms with E-state index in [0.29, 0.717) is 23.3 Å². The number of aliphatic carboxylic acids is 1. The molecule has 0 radical (unpaired) electrons. The second-order valence-electron chi connectivity index (χ2n) is 10.9. The number of carboxylic acid groups (broad SMARTS) is 1. The van der Waals surface area contributed by atoms with Crippen LogP contribution in [0.1, 0.15) is 66.1 Å². The van der Waals surface area contributed by atoms with Gasteiger partial charge in [-0.05, 0) is 80.1 Å². The van der Waals surface area contributed by atoms with E-state index in [1.165, 1.54) is 31.0 Å². The molecule has 2 aliphatic rings. The number of nitrogens with one attached hydrogen (secondary N) is 1. The number of rotatable bonds is 4. The number of carboxylic acids is 1. The quantitative estimate of drug-likeness (QED) is 0.404. The smallest absolute Gasteiger partial charge is 0.416 e. The van der Waals surface area contributed by atoms with Gasteiger partial charge in [-0.2, -0.15) is 26.3 Å². The van der Waals surface area contributed by atoms with E-state index in [-0.39, 0.29) is 31.9 Å². The van der Waals surface area contributed by atoms with Crippen molar-refractivity contribution in [1.29, 1.82) is 0 Å². The molecule has 0 bridgehead atoms. The number of amides is 3. The first-order chi connectivity index (χ1) is 19.3. The van der Waals surface area contributed by atoms with Gasteiger partial charge in [0.1, 0.15) is 5.82 Å². The van der Waals surface area contributed by atoms with Crippen LogP contribution in [-0.4, -0.2) is 46.8 Å². The number of benzene rings is 2. The number of likely N-dealkylation sites (tertiary alicyclic amines) is 1. The number of urea groups is 1. The van der Waals surface area contributed by atoms with Crippen LogP contribution in [0.2, 0.25) is 0 Å². The van der Waals surface area contributed by atoms with Gasteiger partial charge in [-0.15, -0.1) is 0 Å². The third kappa shape index (κ3) is 6.02. The minimum atomic E-state index is -5.07. The van der Waals surface area contributed by atoms with Crippen molar-refractivity contribution in [2.24, 2.45) is 5.92 Å². The molecule has 0 aliphatic carbocycles. The summed E-state index contributed by atoms with van der Waals surface area (Å²) in [7, 11) is 1.24. The van der Waals surface area contributed by atoms with Crippen LogP contribution in [0.5, 0.6) is 0 Å². The third-order valence-corrected chi connectivity index (χ3v) is 8.19. The summed E-state index contributed by atoms with van der Waals surface area (Å²) in [6, 6.07) is 2.14. The van der Waals surface area contributed by atoms with Crippen LogP contribution in [0.4, 0.5) is 35.5 Å². The van der Waals surface area contributed by atoms with E-state index in [0.717, 1.165) is 11.0 Å². The minimum Gasteiger partial charge on any atom is -0.549 e. The van der Waals surface area contributed by atoms with Gasteiger partial charge in [-0.25, -0.2) is 9.18 Å². The minimum absolute atomic E-state index is 0.00522. The largest absolute Gasteiger partial charge is 0.549 e. The molecular weight excluding hydrogens is 575 g/mol. The number of hydrogen-bond donors (Lipinski definition) is 1. The Morgan fingerprint density at radius 1 is 1.05 bits per heavy atom. The van der Waals surface area contributed by atoms with Gasteiger partial charge in [-0.1, -0.05) is 6.07 Å². The van der Waals surface area contributed by atoms with Gasteiger partial charge >= 0.3 is 18.4 Å². The Morgan fingerprint density at radius 2 is 1.64 bits per heavy atom. The average Bonchev–Trinajstić information content (AvgIpc) is 3.21. The maximum absolute atomic E-state index is 13.9. The molecule has 2 aromatic rings. The molecule has 0 saturated carbocycles. The Morgan fingerprint density at radius 3 is 2.14 bits per heavy atom. The fraction of sp³-hybridized carbons (Fsp3) is 0.464. The van der Waals surface area contributed by atoms with Gasteiger partial charge in [0.05, 0.1) is 35.1 Å². The fourth-order valence-corrected chi connectivity index (χ4v) is 5.78. The SMILES string of the molecule is Cc1cc(F)ccc1[C@H]1C[C@@]2(CCN1C(=O)N(C)[C@H](C)c1cc(C(F)(F)F)cc(C(F)(F)F)c1)CC(C(=O)[O-])C(=O)N2. The first-order valence-corrected chi connectivity index (χ1v) is 12.9. The number of piperidine rings is 1. The molecule has 4 rings (SSSR count). The lowest BCUT2D eigenvalue weighted by atomic mass is 9.77. The van der Waals surface area contributed by atoms with Gasteiger partial charge < -0.3 is 25.0 Å². The van der Waals surface area contributed by atoms with Crippen molar-refractivity contribution >= 4 is 17.9 Å². The zero-order valence-electron chi connectivity index (χ0n) is 22.7. The van der Waals surface area contributed by atoms with E-state index in [4.69, 9.17) is 0 Å². The summed E-state index contributed by atoms with van der Waals surface area (Å²) in [6.07, 6.45) is -10.1. The maximum Gasteiger partial charge on any atom is 0.416 e. The second kappa shape index (κ2) is 10.8. The summed E-state index contributed by atoms with van der Waals surface area (Å²) < 4.78 is 94.6. The van der Waals surface area contributed by atoms with Crippen LogP contribution in [-0.2, 0) is 21.9 Å². The molecule has 2 aromatic carbocycles. The molecule has 42 heavy (non-hydrogen) atoms. The van der Waals surface area contributed by atoms with Gasteiger partial charge in [0.25, 0.3) is 0 Å². The van der Waals surface area contributed by atoms with E-state index < -0.39 is 76.3 Å². The van der Waals surface area contributed by atoms with Crippen molar-refractivity contribution < 1.29 is 50.2 Å². The standard InChI is InChI=1S/C28H28F7N3O4/c1-14-8-19(29)4-5-20(14)22-13-26(12-21(24(40)41)23(39)36-26)6-7-38(22)25(42)37(3)15(2)16-9-17(27(30,31)32)11-18(10-16)28(33,34)35/h4-5,8-11,15,21-22H,6-7,12-13H2,1-3H3,(H,36,39)(H,40,41)/p-1/t15-,21?,22-,26-/m1/s1. The normalized spacial score (nSPS) is 23.6. The van der Waals surface area contributed by atoms with Crippen LogP contribution in [0.25, 0.3) is 0 Å². The molecule has 14 heteroatoms. The highest BCUT2D eigenvalue weighted by atomic mass is 19.4. The summed E-state index contributed by atoms with van der Waals surface area (Å²) >= 11 is 0. The molecule has 2 saturated heterocycles. The van der Waals surface area contributed by atoms with Gasteiger partial charge in [0.15, 0.2) is 0 Å². The molecule has 228 valence electrons. The van der Waals surface area contributed by atoms with E-state index in [2.05, 4.69) is 5.32 Å². The molecule has 1 N–H and O–H groups in total. The maximum atomic E-state index is 13.9. The first-order valence-electron chi connectivity index (χ1n) is 12.9. The molecular formula is C28H27F7N3O4-. The van der Waals surface area contributed by atoms with Crippen molar-refractivity contribution in [2.45, 2.75) is 63.1 Å². The highest BCUT2D eigenvalue weighted by molar-refractivity contribution is 5.98. The molecule has 2 aliphatic heterocycles. The Labute approximate surface area is 236 Å². The molecule has 0 aromatic heterocycles. The van der Waals surface area contributed by atoms with Gasteiger partial charge in [0.2, 0.25) is 5.91 Å². The third-order valence-electron chi connectivity index (χ3n) is 8.19. The van der Waals surface area contributed by atoms with Crippen LogP contribution in [0.3, 0.4) is 0 Å². The highest BCUT2D eigenvalue weighted by Crippen LogP contribution is 2.45. The highest BCUT2D eigenvalue weighted by Gasteiger charge is 2.50. The van der Waals surface area contributed by atoms with Crippen LogP contribution in [0.15, 0.2) is 36.4 Å². The number of hydrogen-bond acceptors (Lipinski definition) is 4. The molecule has 1 spiro atoms. The molecule has 2 fully saturated rings. The van der Waals surface area contributed by atoms with Gasteiger partial charge in [0, 0.05) is 19.1 Å². The number of aryl methyl sites for hydroxylation is 1. The zero-order chi connectivity index (χ0) is 31.4. The topological polar surface area (TPSA) is 92.8 Å². The number of halogens is 7. The number of carbonyl (C=O) groups is 3. The van der Waals surface area contributed by atoms with Crippen molar-refractivity contribution in [1.82, 2.24) is 15.1 Å². The lowest BCUT2D eigenvalue weighted by molar-refractivity contribution is -0.309. The second-order valence-corrected chi connectivity index (χ2v) is 10.9.